The van der Waals surface area contributed by atoms with E-state index in [1.807, 2.05) is 32.9 Å². The Balaban J connectivity index is 2.29. The van der Waals surface area contributed by atoms with Crippen molar-refractivity contribution in [1.29, 1.82) is 0 Å². The molecule has 0 N–H and O–H groups in total. The number of amides is 1. The summed E-state index contributed by atoms with van der Waals surface area (Å²) in [6, 6.07) is 0. The molecule has 1 aliphatic rings. The van der Waals surface area contributed by atoms with Gasteiger partial charge in [-0.1, -0.05) is 6.08 Å². The Morgan fingerprint density at radius 3 is 2.82 bits per heavy atom. The second-order valence-electron chi connectivity index (χ2n) is 5.64. The lowest BCUT2D eigenvalue weighted by Gasteiger charge is -2.14. The number of aromatic nitrogens is 2. The van der Waals surface area contributed by atoms with Crippen LogP contribution < -0.4 is 4.74 Å². The van der Waals surface area contributed by atoms with Gasteiger partial charge in [-0.15, -0.1) is 0 Å². The maximum absolute atomic E-state index is 10.9. The van der Waals surface area contributed by atoms with Crippen molar-refractivity contribution < 1.29 is 9.53 Å². The van der Waals surface area contributed by atoms with Crippen molar-refractivity contribution in [2.75, 3.05) is 13.7 Å². The van der Waals surface area contributed by atoms with E-state index in [4.69, 9.17) is 4.74 Å². The van der Waals surface area contributed by atoms with Gasteiger partial charge in [0, 0.05) is 18.9 Å². The topological polar surface area (TPSA) is 55.3 Å². The molecular weight excluding hydrogens is 278 g/mol. The summed E-state index contributed by atoms with van der Waals surface area (Å²) in [5.41, 5.74) is 2.64. The monoisotopic (exact) mass is 301 g/mol. The normalized spacial score (nSPS) is 15.6. The second-order valence-corrected chi connectivity index (χ2v) is 5.64. The van der Waals surface area contributed by atoms with E-state index in [9.17, 15) is 4.79 Å². The fourth-order valence-electron chi connectivity index (χ4n) is 1.97. The van der Waals surface area contributed by atoms with Gasteiger partial charge in [0.05, 0.1) is 12.2 Å². The number of hydrogen-bond donors (Lipinski definition) is 0. The lowest BCUT2D eigenvalue weighted by molar-refractivity contribution is -0.115. The van der Waals surface area contributed by atoms with E-state index >= 15 is 0 Å². The third-order valence-corrected chi connectivity index (χ3v) is 3.73. The maximum atomic E-state index is 10.9. The van der Waals surface area contributed by atoms with Gasteiger partial charge in [0.25, 0.3) is 0 Å². The standard InChI is InChI=1S/C17H23N3O2/c1-5-15(8-12(2)20(4)11-21)16-9-18-13(3)19-17(16)22-10-14-6-7-14/h5,8-9,11,14H,6-7,10H2,1-4H3/b12-8-,15-5+. The van der Waals surface area contributed by atoms with Gasteiger partial charge in [0.15, 0.2) is 0 Å². The van der Waals surface area contributed by atoms with Gasteiger partial charge >= 0.3 is 0 Å². The number of allylic oxidation sites excluding steroid dienone is 4. The highest BCUT2D eigenvalue weighted by atomic mass is 16.5. The van der Waals surface area contributed by atoms with Crippen LogP contribution in [0.25, 0.3) is 5.57 Å². The van der Waals surface area contributed by atoms with E-state index in [0.717, 1.165) is 23.2 Å². The van der Waals surface area contributed by atoms with Crippen LogP contribution in [-0.4, -0.2) is 34.9 Å². The molecule has 1 aromatic heterocycles. The van der Waals surface area contributed by atoms with Gasteiger partial charge in [0.1, 0.15) is 5.82 Å². The third-order valence-electron chi connectivity index (χ3n) is 3.73. The third kappa shape index (κ3) is 4.16. The minimum absolute atomic E-state index is 0.616. The van der Waals surface area contributed by atoms with Crippen molar-refractivity contribution in [2.24, 2.45) is 5.92 Å². The molecule has 2 rings (SSSR count). The minimum Gasteiger partial charge on any atom is -0.477 e. The number of nitrogens with zero attached hydrogens (tertiary/aromatic N) is 3. The smallest absolute Gasteiger partial charge is 0.224 e. The molecule has 118 valence electrons. The quantitative estimate of drug-likeness (QED) is 0.574. The van der Waals surface area contributed by atoms with Gasteiger partial charge in [-0.25, -0.2) is 4.98 Å². The molecule has 1 fully saturated rings. The van der Waals surface area contributed by atoms with Crippen LogP contribution in [0.15, 0.2) is 24.0 Å². The average molecular weight is 301 g/mol. The van der Waals surface area contributed by atoms with Crippen LogP contribution in [0, 0.1) is 12.8 Å². The molecule has 0 spiro atoms. The zero-order valence-corrected chi connectivity index (χ0v) is 13.7. The Kier molecular flexibility index (Phi) is 5.31. The summed E-state index contributed by atoms with van der Waals surface area (Å²) in [6.07, 6.45) is 8.95. The molecule has 1 aromatic rings. The van der Waals surface area contributed by atoms with E-state index in [1.165, 1.54) is 17.7 Å². The number of hydrogen-bond acceptors (Lipinski definition) is 4. The highest BCUT2D eigenvalue weighted by Gasteiger charge is 2.23. The fourth-order valence-corrected chi connectivity index (χ4v) is 1.97. The van der Waals surface area contributed by atoms with Crippen LogP contribution in [-0.2, 0) is 4.79 Å². The van der Waals surface area contributed by atoms with Crippen LogP contribution in [0.1, 0.15) is 38.1 Å². The predicted molar refractivity (Wildman–Crippen MR) is 86.2 cm³/mol. The number of aryl methyl sites for hydroxylation is 1. The Morgan fingerprint density at radius 2 is 2.23 bits per heavy atom. The largest absolute Gasteiger partial charge is 0.477 e. The number of carbonyl (C=O) groups excluding carboxylic acids is 1. The van der Waals surface area contributed by atoms with Gasteiger partial charge in [0.2, 0.25) is 12.3 Å². The predicted octanol–water partition coefficient (Wildman–Crippen LogP) is 2.97. The first-order chi connectivity index (χ1) is 10.5. The molecule has 0 atom stereocenters. The van der Waals surface area contributed by atoms with Gasteiger partial charge < -0.3 is 9.64 Å². The summed E-state index contributed by atoms with van der Waals surface area (Å²) in [4.78, 5) is 21.1. The first-order valence-electron chi connectivity index (χ1n) is 7.54. The van der Waals surface area contributed by atoms with Crippen molar-refractivity contribution in [3.8, 4) is 5.88 Å². The van der Waals surface area contributed by atoms with Crippen molar-refractivity contribution in [3.63, 3.8) is 0 Å². The van der Waals surface area contributed by atoms with Crippen molar-refractivity contribution in [2.45, 2.75) is 33.6 Å². The summed E-state index contributed by atoms with van der Waals surface area (Å²) in [5.74, 6) is 1.97. The van der Waals surface area contributed by atoms with E-state index in [1.54, 1.807) is 13.2 Å². The zero-order chi connectivity index (χ0) is 16.1. The van der Waals surface area contributed by atoms with Crippen LogP contribution >= 0.6 is 0 Å². The summed E-state index contributed by atoms with van der Waals surface area (Å²) < 4.78 is 5.89. The van der Waals surface area contributed by atoms with E-state index in [-0.39, 0.29) is 0 Å². The lowest BCUT2D eigenvalue weighted by atomic mass is 10.1. The van der Waals surface area contributed by atoms with Crippen molar-refractivity contribution in [3.05, 3.63) is 35.4 Å². The SMILES string of the molecule is C/C=C(\C=C(\C)N(C)C=O)c1cnc(C)nc1OCC1CC1. The molecule has 22 heavy (non-hydrogen) atoms. The molecule has 0 aromatic carbocycles. The van der Waals surface area contributed by atoms with Gasteiger partial charge in [-0.2, -0.15) is 4.98 Å². The zero-order valence-electron chi connectivity index (χ0n) is 13.7. The summed E-state index contributed by atoms with van der Waals surface area (Å²) in [7, 11) is 1.72. The highest BCUT2D eigenvalue weighted by Crippen LogP contribution is 2.31. The Bertz CT molecular complexity index is 604. The molecule has 1 saturated carbocycles. The van der Waals surface area contributed by atoms with E-state index in [2.05, 4.69) is 9.97 Å². The van der Waals surface area contributed by atoms with Crippen molar-refractivity contribution >= 4 is 12.0 Å². The van der Waals surface area contributed by atoms with Gasteiger partial charge in [-0.05, 0) is 51.2 Å². The summed E-state index contributed by atoms with van der Waals surface area (Å²) in [6.45, 7) is 6.39. The molecule has 1 aliphatic carbocycles. The van der Waals surface area contributed by atoms with Crippen LogP contribution in [0.5, 0.6) is 5.88 Å². The van der Waals surface area contributed by atoms with E-state index < -0.39 is 0 Å². The molecule has 0 aliphatic heterocycles. The van der Waals surface area contributed by atoms with Gasteiger partial charge in [-0.3, -0.25) is 4.79 Å². The average Bonchev–Trinajstić information content (AvgIpc) is 3.34. The molecule has 0 unspecified atom stereocenters. The Labute approximate surface area is 131 Å². The molecule has 0 saturated heterocycles. The van der Waals surface area contributed by atoms with E-state index in [0.29, 0.717) is 24.2 Å². The number of rotatable bonds is 7. The maximum Gasteiger partial charge on any atom is 0.224 e. The highest BCUT2D eigenvalue weighted by molar-refractivity contribution is 5.77. The number of ether oxygens (including phenoxy) is 1. The van der Waals surface area contributed by atoms with Crippen LogP contribution in [0.4, 0.5) is 0 Å². The van der Waals surface area contributed by atoms with Crippen LogP contribution in [0.2, 0.25) is 0 Å². The second kappa shape index (κ2) is 7.20. The lowest BCUT2D eigenvalue weighted by Crippen LogP contribution is -2.13. The molecule has 1 heterocycles. The molecular formula is C17H23N3O2. The molecule has 0 bridgehead atoms. The fraction of sp³-hybridized carbons (Fsp3) is 0.471. The van der Waals surface area contributed by atoms with Crippen molar-refractivity contribution in [1.82, 2.24) is 14.9 Å². The molecule has 0 radical (unpaired) electrons. The number of carbonyl (C=O) groups is 1. The molecule has 5 heteroatoms. The van der Waals surface area contributed by atoms with Crippen LogP contribution in [0.3, 0.4) is 0 Å². The molecule has 1 amide bonds. The first kappa shape index (κ1) is 16.2. The Hall–Kier alpha value is -2.17. The minimum atomic E-state index is 0.616. The molecule has 5 nitrogen and oxygen atoms in total. The summed E-state index contributed by atoms with van der Waals surface area (Å²) >= 11 is 0. The first-order valence-corrected chi connectivity index (χ1v) is 7.54. The Morgan fingerprint density at radius 1 is 1.50 bits per heavy atom. The summed E-state index contributed by atoms with van der Waals surface area (Å²) in [5, 5.41) is 0.